The highest BCUT2D eigenvalue weighted by molar-refractivity contribution is 5.65. The number of aromatic nitrogens is 2. The van der Waals surface area contributed by atoms with Crippen molar-refractivity contribution < 1.29 is 9.47 Å². The Hall–Kier alpha value is -3.08. The van der Waals surface area contributed by atoms with Crippen molar-refractivity contribution in [2.75, 3.05) is 12.1 Å². The van der Waals surface area contributed by atoms with Crippen LogP contribution in [0.3, 0.4) is 0 Å². The number of nitrogens with one attached hydrogen (secondary N) is 1. The van der Waals surface area contributed by atoms with Crippen molar-refractivity contribution in [3.8, 4) is 22.8 Å². The largest absolute Gasteiger partial charge is 0.454 e. The molecule has 120 valence electrons. The first-order valence-electron chi connectivity index (χ1n) is 7.83. The second-order valence-corrected chi connectivity index (χ2v) is 5.63. The third-order valence-corrected chi connectivity index (χ3v) is 3.97. The van der Waals surface area contributed by atoms with Gasteiger partial charge in [0.05, 0.1) is 18.1 Å². The molecule has 0 fully saturated rings. The number of benzene rings is 2. The summed E-state index contributed by atoms with van der Waals surface area (Å²) in [6, 6.07) is 16.2. The quantitative estimate of drug-likeness (QED) is 0.786. The molecule has 1 aliphatic rings. The molecule has 0 spiro atoms. The van der Waals surface area contributed by atoms with Crippen molar-refractivity contribution in [3.63, 3.8) is 0 Å². The molecule has 0 saturated heterocycles. The number of anilines is 1. The molecule has 4 rings (SSSR count). The summed E-state index contributed by atoms with van der Waals surface area (Å²) in [6.45, 7) is 2.37. The van der Waals surface area contributed by atoms with E-state index in [1.165, 1.54) is 5.56 Å². The van der Waals surface area contributed by atoms with Crippen LogP contribution in [0, 0.1) is 0 Å². The van der Waals surface area contributed by atoms with Crippen molar-refractivity contribution in [2.45, 2.75) is 13.0 Å². The number of hydrogen-bond donors (Lipinski definition) is 1. The molecule has 2 aromatic carbocycles. The van der Waals surface area contributed by atoms with E-state index in [2.05, 4.69) is 34.3 Å². The first kappa shape index (κ1) is 14.5. The second-order valence-electron chi connectivity index (χ2n) is 5.63. The average molecular weight is 319 g/mol. The molecule has 0 saturated carbocycles. The Kier molecular flexibility index (Phi) is 3.75. The molecular formula is C19H17N3O2. The molecule has 0 radical (unpaired) electrons. The van der Waals surface area contributed by atoms with E-state index in [-0.39, 0.29) is 12.8 Å². The van der Waals surface area contributed by atoms with Gasteiger partial charge in [0.25, 0.3) is 0 Å². The summed E-state index contributed by atoms with van der Waals surface area (Å²) in [5, 5.41) is 3.39. The summed E-state index contributed by atoms with van der Waals surface area (Å²) < 4.78 is 10.8. The number of fused-ring (bicyclic) bond motifs is 1. The third-order valence-electron chi connectivity index (χ3n) is 3.97. The van der Waals surface area contributed by atoms with Gasteiger partial charge in [0, 0.05) is 11.6 Å². The standard InChI is InChI=1S/C19H17N3O2/c1-13(14-5-3-2-4-6-14)21-19-11-20-10-16(22-19)15-7-8-17-18(9-15)24-12-23-17/h2-11,13H,12H2,1H3,(H,21,22)/t13-/m0/s1. The van der Waals surface area contributed by atoms with E-state index in [1.807, 2.05) is 36.4 Å². The summed E-state index contributed by atoms with van der Waals surface area (Å²) >= 11 is 0. The van der Waals surface area contributed by atoms with Crippen LogP contribution in [0.5, 0.6) is 11.5 Å². The van der Waals surface area contributed by atoms with Gasteiger partial charge in [-0.05, 0) is 30.7 Å². The van der Waals surface area contributed by atoms with Gasteiger partial charge in [-0.25, -0.2) is 4.98 Å². The van der Waals surface area contributed by atoms with Crippen molar-refractivity contribution in [3.05, 3.63) is 66.5 Å². The molecule has 1 aliphatic heterocycles. The maximum Gasteiger partial charge on any atom is 0.231 e. The fourth-order valence-corrected chi connectivity index (χ4v) is 2.68. The maximum atomic E-state index is 5.43. The Morgan fingerprint density at radius 2 is 1.83 bits per heavy atom. The van der Waals surface area contributed by atoms with Crippen LogP contribution in [-0.2, 0) is 0 Å². The van der Waals surface area contributed by atoms with E-state index in [9.17, 15) is 0 Å². The van der Waals surface area contributed by atoms with Crippen molar-refractivity contribution in [1.29, 1.82) is 0 Å². The molecule has 5 nitrogen and oxygen atoms in total. The van der Waals surface area contributed by atoms with Crippen LogP contribution >= 0.6 is 0 Å². The fraction of sp³-hybridized carbons (Fsp3) is 0.158. The van der Waals surface area contributed by atoms with Crippen LogP contribution < -0.4 is 14.8 Å². The zero-order valence-corrected chi connectivity index (χ0v) is 13.3. The molecule has 3 aromatic rings. The lowest BCUT2D eigenvalue weighted by atomic mass is 10.1. The van der Waals surface area contributed by atoms with E-state index in [0.717, 1.165) is 28.6 Å². The van der Waals surface area contributed by atoms with Crippen LogP contribution in [0.25, 0.3) is 11.3 Å². The zero-order valence-electron chi connectivity index (χ0n) is 13.3. The van der Waals surface area contributed by atoms with Gasteiger partial charge in [0.1, 0.15) is 5.82 Å². The minimum Gasteiger partial charge on any atom is -0.454 e. The van der Waals surface area contributed by atoms with Gasteiger partial charge < -0.3 is 14.8 Å². The van der Waals surface area contributed by atoms with Gasteiger partial charge in [0.15, 0.2) is 11.5 Å². The van der Waals surface area contributed by atoms with E-state index in [0.29, 0.717) is 0 Å². The van der Waals surface area contributed by atoms with Crippen molar-refractivity contribution in [1.82, 2.24) is 9.97 Å². The normalized spacial score (nSPS) is 13.5. The van der Waals surface area contributed by atoms with E-state index in [1.54, 1.807) is 12.4 Å². The molecule has 1 atom stereocenters. The van der Waals surface area contributed by atoms with E-state index >= 15 is 0 Å². The molecule has 1 N–H and O–H groups in total. The Morgan fingerprint density at radius 3 is 2.71 bits per heavy atom. The zero-order chi connectivity index (χ0) is 16.4. The highest BCUT2D eigenvalue weighted by Crippen LogP contribution is 2.35. The number of nitrogens with zero attached hydrogens (tertiary/aromatic N) is 2. The monoisotopic (exact) mass is 319 g/mol. The van der Waals surface area contributed by atoms with Gasteiger partial charge in [0.2, 0.25) is 6.79 Å². The first-order valence-corrected chi connectivity index (χ1v) is 7.83. The van der Waals surface area contributed by atoms with Crippen LogP contribution in [-0.4, -0.2) is 16.8 Å². The fourth-order valence-electron chi connectivity index (χ4n) is 2.68. The maximum absolute atomic E-state index is 5.43. The minimum absolute atomic E-state index is 0.146. The predicted octanol–water partition coefficient (Wildman–Crippen LogP) is 4.05. The molecule has 0 bridgehead atoms. The molecule has 0 unspecified atom stereocenters. The lowest BCUT2D eigenvalue weighted by Crippen LogP contribution is -2.08. The Bertz CT molecular complexity index is 852. The summed E-state index contributed by atoms with van der Waals surface area (Å²) in [5.41, 5.74) is 2.94. The van der Waals surface area contributed by atoms with Crippen LogP contribution in [0.1, 0.15) is 18.5 Å². The Morgan fingerprint density at radius 1 is 1.00 bits per heavy atom. The van der Waals surface area contributed by atoms with Gasteiger partial charge in [-0.2, -0.15) is 0 Å². The average Bonchev–Trinajstić information content (AvgIpc) is 3.10. The lowest BCUT2D eigenvalue weighted by molar-refractivity contribution is 0.174. The first-order chi connectivity index (χ1) is 11.8. The van der Waals surface area contributed by atoms with Crippen LogP contribution in [0.15, 0.2) is 60.9 Å². The Labute approximate surface area is 140 Å². The minimum atomic E-state index is 0.146. The van der Waals surface area contributed by atoms with E-state index < -0.39 is 0 Å². The molecule has 5 heteroatoms. The highest BCUT2D eigenvalue weighted by Gasteiger charge is 2.15. The summed E-state index contributed by atoms with van der Waals surface area (Å²) in [4.78, 5) is 8.97. The number of hydrogen-bond acceptors (Lipinski definition) is 5. The van der Waals surface area contributed by atoms with Gasteiger partial charge in [-0.15, -0.1) is 0 Å². The van der Waals surface area contributed by atoms with Gasteiger partial charge in [-0.1, -0.05) is 30.3 Å². The molecule has 2 heterocycles. The predicted molar refractivity (Wildman–Crippen MR) is 92.1 cm³/mol. The van der Waals surface area contributed by atoms with Gasteiger partial charge in [-0.3, -0.25) is 4.98 Å². The number of rotatable bonds is 4. The summed E-state index contributed by atoms with van der Waals surface area (Å²) in [7, 11) is 0. The van der Waals surface area contributed by atoms with Crippen molar-refractivity contribution >= 4 is 5.82 Å². The smallest absolute Gasteiger partial charge is 0.231 e. The van der Waals surface area contributed by atoms with Crippen LogP contribution in [0.2, 0.25) is 0 Å². The molecule has 0 aliphatic carbocycles. The third kappa shape index (κ3) is 2.88. The van der Waals surface area contributed by atoms with E-state index in [4.69, 9.17) is 9.47 Å². The summed E-state index contributed by atoms with van der Waals surface area (Å²) in [6.07, 6.45) is 3.48. The van der Waals surface area contributed by atoms with Crippen molar-refractivity contribution in [2.24, 2.45) is 0 Å². The molecule has 1 aromatic heterocycles. The lowest BCUT2D eigenvalue weighted by Gasteiger charge is -2.15. The Balaban J connectivity index is 1.58. The highest BCUT2D eigenvalue weighted by atomic mass is 16.7. The van der Waals surface area contributed by atoms with Gasteiger partial charge >= 0.3 is 0 Å². The topological polar surface area (TPSA) is 56.3 Å². The SMILES string of the molecule is C[C@H](Nc1cncc(-c2ccc3c(c2)OCO3)n1)c1ccccc1. The van der Waals surface area contributed by atoms with Crippen LogP contribution in [0.4, 0.5) is 5.82 Å². The number of ether oxygens (including phenoxy) is 2. The molecular weight excluding hydrogens is 302 g/mol. The second kappa shape index (κ2) is 6.20. The summed E-state index contributed by atoms with van der Waals surface area (Å²) in [5.74, 6) is 2.24. The molecule has 0 amide bonds. The molecule has 24 heavy (non-hydrogen) atoms.